The van der Waals surface area contributed by atoms with E-state index in [0.717, 1.165) is 24.5 Å². The molecule has 1 aliphatic carbocycles. The van der Waals surface area contributed by atoms with Crippen LogP contribution in [0.2, 0.25) is 0 Å². The third-order valence-electron chi connectivity index (χ3n) is 2.80. The van der Waals surface area contributed by atoms with Gasteiger partial charge in [-0.25, -0.2) is 4.98 Å². The van der Waals surface area contributed by atoms with Gasteiger partial charge < -0.3 is 11.1 Å². The van der Waals surface area contributed by atoms with Crippen molar-refractivity contribution in [1.29, 1.82) is 0 Å². The number of hydrogen-bond acceptors (Lipinski definition) is 5. The minimum absolute atomic E-state index is 0.0239. The summed E-state index contributed by atoms with van der Waals surface area (Å²) in [5.41, 5.74) is 6.25. The number of nitrogens with two attached hydrogens (primary N) is 1. The van der Waals surface area contributed by atoms with Crippen LogP contribution in [0.15, 0.2) is 6.33 Å². The summed E-state index contributed by atoms with van der Waals surface area (Å²) in [5, 5.41) is 4.13. The number of nitrogens with zero attached hydrogens (tertiary/aromatic N) is 2. The maximum Gasteiger partial charge on any atom is 0.202 e. The van der Waals surface area contributed by atoms with Crippen molar-refractivity contribution in [2.24, 2.45) is 5.73 Å². The highest BCUT2D eigenvalue weighted by atomic mass is 32.1. The fourth-order valence-corrected chi connectivity index (χ4v) is 2.36. The Labute approximate surface area is 88.1 Å². The van der Waals surface area contributed by atoms with E-state index in [-0.39, 0.29) is 5.54 Å². The van der Waals surface area contributed by atoms with Crippen LogP contribution >= 0.6 is 11.5 Å². The van der Waals surface area contributed by atoms with Crippen LogP contribution in [-0.4, -0.2) is 21.4 Å². The van der Waals surface area contributed by atoms with Crippen LogP contribution in [0.1, 0.15) is 32.1 Å². The molecule has 0 bridgehead atoms. The van der Waals surface area contributed by atoms with Gasteiger partial charge in [0.05, 0.1) is 0 Å². The number of rotatable bonds is 3. The Kier molecular flexibility index (Phi) is 2.98. The molecule has 1 fully saturated rings. The van der Waals surface area contributed by atoms with Crippen molar-refractivity contribution in [2.45, 2.75) is 37.6 Å². The molecule has 1 heterocycles. The van der Waals surface area contributed by atoms with E-state index in [4.69, 9.17) is 5.73 Å². The van der Waals surface area contributed by atoms with Gasteiger partial charge in [-0.15, -0.1) is 0 Å². The molecule has 1 aromatic heterocycles. The molecule has 4 nitrogen and oxygen atoms in total. The molecule has 0 saturated heterocycles. The molecule has 1 aromatic rings. The number of hydrogen-bond donors (Lipinski definition) is 2. The van der Waals surface area contributed by atoms with Gasteiger partial charge in [-0.05, 0) is 12.8 Å². The maximum absolute atomic E-state index is 6.27. The largest absolute Gasteiger partial charge is 0.358 e. The fraction of sp³-hybridized carbons (Fsp3) is 0.778. The van der Waals surface area contributed by atoms with Gasteiger partial charge >= 0.3 is 0 Å². The Balaban J connectivity index is 1.84. The Morgan fingerprint density at radius 1 is 1.43 bits per heavy atom. The molecular formula is C9H16N4S. The van der Waals surface area contributed by atoms with Crippen LogP contribution in [0.25, 0.3) is 0 Å². The molecule has 0 aromatic carbocycles. The Hall–Kier alpha value is -0.680. The van der Waals surface area contributed by atoms with Gasteiger partial charge in [-0.3, -0.25) is 0 Å². The standard InChI is InChI=1S/C9H16N4S/c10-9(4-2-1-3-5-9)6-11-8-12-7-13-14-8/h7H,1-6,10H2,(H,11,12,13). The summed E-state index contributed by atoms with van der Waals surface area (Å²) in [6, 6.07) is 0. The van der Waals surface area contributed by atoms with Crippen LogP contribution in [0, 0.1) is 0 Å². The second kappa shape index (κ2) is 4.23. The average molecular weight is 212 g/mol. The Morgan fingerprint density at radius 3 is 2.86 bits per heavy atom. The first-order chi connectivity index (χ1) is 6.79. The summed E-state index contributed by atoms with van der Waals surface area (Å²) in [5.74, 6) is 0. The van der Waals surface area contributed by atoms with Crippen molar-refractivity contribution in [2.75, 3.05) is 11.9 Å². The van der Waals surface area contributed by atoms with E-state index in [1.54, 1.807) is 6.33 Å². The van der Waals surface area contributed by atoms with E-state index in [9.17, 15) is 0 Å². The van der Waals surface area contributed by atoms with Crippen LogP contribution in [0.3, 0.4) is 0 Å². The number of aromatic nitrogens is 2. The number of nitrogens with one attached hydrogen (secondary N) is 1. The summed E-state index contributed by atoms with van der Waals surface area (Å²) in [6.45, 7) is 0.822. The first kappa shape index (κ1) is 9.86. The molecule has 0 unspecified atom stereocenters. The molecule has 0 atom stereocenters. The van der Waals surface area contributed by atoms with E-state index in [2.05, 4.69) is 14.7 Å². The van der Waals surface area contributed by atoms with Crippen LogP contribution < -0.4 is 11.1 Å². The van der Waals surface area contributed by atoms with Gasteiger partial charge in [0.2, 0.25) is 5.13 Å². The molecule has 14 heavy (non-hydrogen) atoms. The second-order valence-corrected chi connectivity index (χ2v) is 4.80. The predicted octanol–water partition coefficient (Wildman–Crippen LogP) is 1.61. The van der Waals surface area contributed by atoms with Crippen molar-refractivity contribution < 1.29 is 0 Å². The molecule has 2 rings (SSSR count). The summed E-state index contributed by atoms with van der Waals surface area (Å²) >= 11 is 1.38. The average Bonchev–Trinajstić information content (AvgIpc) is 2.69. The van der Waals surface area contributed by atoms with Crippen LogP contribution in [0.4, 0.5) is 5.13 Å². The molecule has 0 radical (unpaired) electrons. The highest BCUT2D eigenvalue weighted by Gasteiger charge is 2.27. The summed E-state index contributed by atoms with van der Waals surface area (Å²) < 4.78 is 3.94. The molecule has 3 N–H and O–H groups in total. The van der Waals surface area contributed by atoms with Gasteiger partial charge in [0.15, 0.2) is 0 Å². The zero-order chi connectivity index (χ0) is 9.86. The van der Waals surface area contributed by atoms with E-state index in [1.807, 2.05) is 0 Å². The maximum atomic E-state index is 6.27. The zero-order valence-corrected chi connectivity index (χ0v) is 9.02. The normalized spacial score (nSPS) is 20.6. The Morgan fingerprint density at radius 2 is 2.21 bits per heavy atom. The summed E-state index contributed by atoms with van der Waals surface area (Å²) in [6.07, 6.45) is 7.66. The van der Waals surface area contributed by atoms with E-state index in [1.165, 1.54) is 30.8 Å². The van der Waals surface area contributed by atoms with Crippen LogP contribution in [0.5, 0.6) is 0 Å². The number of anilines is 1. The minimum atomic E-state index is -0.0239. The SMILES string of the molecule is NC1(CNc2ncns2)CCCCC1. The van der Waals surface area contributed by atoms with Gasteiger partial charge in [0.25, 0.3) is 0 Å². The van der Waals surface area contributed by atoms with Gasteiger partial charge in [-0.2, -0.15) is 4.37 Å². The minimum Gasteiger partial charge on any atom is -0.358 e. The first-order valence-electron chi connectivity index (χ1n) is 5.08. The Bertz CT molecular complexity index is 266. The molecule has 0 spiro atoms. The molecule has 0 amide bonds. The molecular weight excluding hydrogens is 196 g/mol. The molecule has 5 heteroatoms. The quantitative estimate of drug-likeness (QED) is 0.799. The topological polar surface area (TPSA) is 63.8 Å². The van der Waals surface area contributed by atoms with Crippen molar-refractivity contribution in [3.63, 3.8) is 0 Å². The van der Waals surface area contributed by atoms with Crippen molar-refractivity contribution in [3.05, 3.63) is 6.33 Å². The third-order valence-corrected chi connectivity index (χ3v) is 3.42. The van der Waals surface area contributed by atoms with E-state index >= 15 is 0 Å². The van der Waals surface area contributed by atoms with Gasteiger partial charge in [-0.1, -0.05) is 19.3 Å². The predicted molar refractivity (Wildman–Crippen MR) is 58.4 cm³/mol. The van der Waals surface area contributed by atoms with Crippen LogP contribution in [-0.2, 0) is 0 Å². The highest BCUT2D eigenvalue weighted by molar-refractivity contribution is 7.09. The monoisotopic (exact) mass is 212 g/mol. The summed E-state index contributed by atoms with van der Waals surface area (Å²) in [7, 11) is 0. The lowest BCUT2D eigenvalue weighted by atomic mass is 9.82. The highest BCUT2D eigenvalue weighted by Crippen LogP contribution is 2.26. The van der Waals surface area contributed by atoms with Crippen molar-refractivity contribution in [3.8, 4) is 0 Å². The summed E-state index contributed by atoms with van der Waals surface area (Å²) in [4.78, 5) is 4.07. The lowest BCUT2D eigenvalue weighted by Gasteiger charge is -2.33. The van der Waals surface area contributed by atoms with Gasteiger partial charge in [0, 0.05) is 23.6 Å². The lowest BCUT2D eigenvalue weighted by Crippen LogP contribution is -2.47. The molecule has 1 aliphatic rings. The van der Waals surface area contributed by atoms with E-state index < -0.39 is 0 Å². The lowest BCUT2D eigenvalue weighted by molar-refractivity contribution is 0.311. The smallest absolute Gasteiger partial charge is 0.202 e. The molecule has 0 aliphatic heterocycles. The molecule has 1 saturated carbocycles. The van der Waals surface area contributed by atoms with E-state index in [0.29, 0.717) is 0 Å². The van der Waals surface area contributed by atoms with Gasteiger partial charge in [0.1, 0.15) is 6.33 Å². The fourth-order valence-electron chi connectivity index (χ4n) is 1.94. The zero-order valence-electron chi connectivity index (χ0n) is 8.20. The van der Waals surface area contributed by atoms with Crippen molar-refractivity contribution in [1.82, 2.24) is 9.36 Å². The molecule has 78 valence electrons. The van der Waals surface area contributed by atoms with Crippen molar-refractivity contribution >= 4 is 16.7 Å². The second-order valence-electron chi connectivity index (χ2n) is 4.02. The third kappa shape index (κ3) is 2.42. The first-order valence-corrected chi connectivity index (χ1v) is 5.85.